The van der Waals surface area contributed by atoms with E-state index in [9.17, 15) is 9.59 Å². The smallest absolute Gasteiger partial charge is 0.292 e. The van der Waals surface area contributed by atoms with Gasteiger partial charge in [-0.15, -0.1) is 0 Å². The van der Waals surface area contributed by atoms with Gasteiger partial charge in [-0.05, 0) is 30.3 Å². The molecule has 0 unspecified atom stereocenters. The van der Waals surface area contributed by atoms with E-state index in [1.807, 2.05) is 18.2 Å². The van der Waals surface area contributed by atoms with Crippen molar-refractivity contribution in [3.05, 3.63) is 58.6 Å². The normalized spacial score (nSPS) is 21.2. The van der Waals surface area contributed by atoms with Crippen LogP contribution in [-0.2, 0) is 9.59 Å². The Morgan fingerprint density at radius 2 is 1.67 bits per heavy atom. The number of anilines is 2. The minimum absolute atomic E-state index is 0.174. The molecule has 0 bridgehead atoms. The summed E-state index contributed by atoms with van der Waals surface area (Å²) in [4.78, 5) is 30.2. The molecule has 1 atom stereocenters. The summed E-state index contributed by atoms with van der Waals surface area (Å²) in [5, 5.41) is 0.788. The minimum atomic E-state index is -0.345. The SMILES string of the molecule is O=C1C[C@@H]([NH+]2CCN(c3ccccc3)CC2)C(=O)N1c1ccc(Cl)cc1Cl. The molecule has 2 saturated heterocycles. The van der Waals surface area contributed by atoms with Crippen LogP contribution >= 0.6 is 23.2 Å². The Labute approximate surface area is 168 Å². The van der Waals surface area contributed by atoms with Gasteiger partial charge in [0.2, 0.25) is 5.91 Å². The summed E-state index contributed by atoms with van der Waals surface area (Å²) in [6, 6.07) is 14.7. The number of halogens is 2. The number of benzene rings is 2. The van der Waals surface area contributed by atoms with Crippen molar-refractivity contribution in [1.29, 1.82) is 0 Å². The maximum atomic E-state index is 13.0. The number of imide groups is 1. The third-order valence-corrected chi connectivity index (χ3v) is 5.85. The lowest BCUT2D eigenvalue weighted by molar-refractivity contribution is -0.915. The molecular weight excluding hydrogens is 385 g/mol. The third kappa shape index (κ3) is 3.55. The molecule has 2 aliphatic rings. The summed E-state index contributed by atoms with van der Waals surface area (Å²) in [5.74, 6) is -0.375. The monoisotopic (exact) mass is 404 g/mol. The van der Waals surface area contributed by atoms with E-state index in [0.29, 0.717) is 15.7 Å². The number of hydrogen-bond acceptors (Lipinski definition) is 3. The van der Waals surface area contributed by atoms with Crippen LogP contribution in [0.4, 0.5) is 11.4 Å². The molecule has 7 heteroatoms. The number of rotatable bonds is 3. The number of para-hydroxylation sites is 1. The first-order chi connectivity index (χ1) is 13.0. The highest BCUT2D eigenvalue weighted by Gasteiger charge is 2.46. The zero-order valence-electron chi connectivity index (χ0n) is 14.7. The van der Waals surface area contributed by atoms with Crippen LogP contribution in [0.25, 0.3) is 0 Å². The quantitative estimate of drug-likeness (QED) is 0.796. The van der Waals surface area contributed by atoms with Crippen molar-refractivity contribution >= 4 is 46.4 Å². The molecule has 2 amide bonds. The summed E-state index contributed by atoms with van der Waals surface area (Å²) in [7, 11) is 0. The van der Waals surface area contributed by atoms with E-state index in [1.165, 1.54) is 10.6 Å². The topological polar surface area (TPSA) is 45.1 Å². The number of carbonyl (C=O) groups excluding carboxylic acids is 2. The molecule has 5 nitrogen and oxygen atoms in total. The Hall–Kier alpha value is -2.08. The van der Waals surface area contributed by atoms with Crippen LogP contribution in [0.1, 0.15) is 6.42 Å². The molecule has 0 aliphatic carbocycles. The van der Waals surface area contributed by atoms with Crippen LogP contribution in [-0.4, -0.2) is 44.0 Å². The van der Waals surface area contributed by atoms with E-state index < -0.39 is 0 Å². The van der Waals surface area contributed by atoms with Crippen molar-refractivity contribution in [1.82, 2.24) is 0 Å². The number of nitrogens with zero attached hydrogens (tertiary/aromatic N) is 2. The summed E-state index contributed by atoms with van der Waals surface area (Å²) in [5.41, 5.74) is 1.61. The van der Waals surface area contributed by atoms with E-state index in [1.54, 1.807) is 18.2 Å². The Morgan fingerprint density at radius 1 is 0.963 bits per heavy atom. The Morgan fingerprint density at radius 3 is 2.33 bits per heavy atom. The van der Waals surface area contributed by atoms with Crippen LogP contribution < -0.4 is 14.7 Å². The Kier molecular flexibility index (Phi) is 5.08. The number of nitrogens with one attached hydrogen (secondary N) is 1. The highest BCUT2D eigenvalue weighted by atomic mass is 35.5. The van der Waals surface area contributed by atoms with Gasteiger partial charge in [0.1, 0.15) is 0 Å². The Bertz CT molecular complexity index is 867. The molecule has 2 aromatic carbocycles. The zero-order valence-corrected chi connectivity index (χ0v) is 16.2. The molecular formula is C20H20Cl2N3O2+. The molecule has 2 aliphatic heterocycles. The van der Waals surface area contributed by atoms with Crippen LogP contribution in [0.3, 0.4) is 0 Å². The molecule has 0 aromatic heterocycles. The number of carbonyl (C=O) groups is 2. The summed E-state index contributed by atoms with van der Waals surface area (Å²) in [6.45, 7) is 3.36. The van der Waals surface area contributed by atoms with E-state index in [-0.39, 0.29) is 24.3 Å². The molecule has 0 spiro atoms. The first-order valence-corrected chi connectivity index (χ1v) is 9.76. The summed E-state index contributed by atoms with van der Waals surface area (Å²) < 4.78 is 0. The van der Waals surface area contributed by atoms with Crippen molar-refractivity contribution < 1.29 is 14.5 Å². The molecule has 140 valence electrons. The fraction of sp³-hybridized carbons (Fsp3) is 0.300. The average Bonchev–Trinajstić information content (AvgIpc) is 2.97. The molecule has 0 radical (unpaired) electrons. The highest BCUT2D eigenvalue weighted by Crippen LogP contribution is 2.32. The second kappa shape index (κ2) is 7.50. The fourth-order valence-electron chi connectivity index (χ4n) is 3.91. The van der Waals surface area contributed by atoms with Crippen molar-refractivity contribution in [2.45, 2.75) is 12.5 Å². The first-order valence-electron chi connectivity index (χ1n) is 9.01. The number of hydrogen-bond donors (Lipinski definition) is 1. The zero-order chi connectivity index (χ0) is 19.0. The lowest BCUT2D eigenvalue weighted by Gasteiger charge is -2.35. The van der Waals surface area contributed by atoms with Crippen LogP contribution in [0.2, 0.25) is 10.0 Å². The minimum Gasteiger partial charge on any atom is -0.360 e. The van der Waals surface area contributed by atoms with Gasteiger partial charge >= 0.3 is 0 Å². The van der Waals surface area contributed by atoms with Gasteiger partial charge in [0.05, 0.1) is 43.3 Å². The fourth-order valence-corrected chi connectivity index (χ4v) is 4.40. The van der Waals surface area contributed by atoms with Gasteiger partial charge < -0.3 is 9.80 Å². The molecule has 1 N–H and O–H groups in total. The molecule has 27 heavy (non-hydrogen) atoms. The molecule has 2 aromatic rings. The van der Waals surface area contributed by atoms with Crippen LogP contribution in [0.5, 0.6) is 0 Å². The molecule has 2 heterocycles. The third-order valence-electron chi connectivity index (χ3n) is 5.32. The van der Waals surface area contributed by atoms with Crippen molar-refractivity contribution in [3.63, 3.8) is 0 Å². The van der Waals surface area contributed by atoms with Gasteiger partial charge in [0.15, 0.2) is 6.04 Å². The molecule has 4 rings (SSSR count). The van der Waals surface area contributed by atoms with Gasteiger partial charge in [-0.3, -0.25) is 9.59 Å². The van der Waals surface area contributed by atoms with Gasteiger partial charge in [0.25, 0.3) is 5.91 Å². The van der Waals surface area contributed by atoms with E-state index in [2.05, 4.69) is 17.0 Å². The summed E-state index contributed by atoms with van der Waals surface area (Å²) >= 11 is 12.1. The predicted molar refractivity (Wildman–Crippen MR) is 107 cm³/mol. The molecule has 0 saturated carbocycles. The predicted octanol–water partition coefficient (Wildman–Crippen LogP) is 2.03. The van der Waals surface area contributed by atoms with Crippen molar-refractivity contribution in [3.8, 4) is 0 Å². The first kappa shape index (κ1) is 18.3. The maximum Gasteiger partial charge on any atom is 0.292 e. The van der Waals surface area contributed by atoms with E-state index in [0.717, 1.165) is 31.1 Å². The van der Waals surface area contributed by atoms with Crippen molar-refractivity contribution in [2.75, 3.05) is 36.0 Å². The van der Waals surface area contributed by atoms with Crippen LogP contribution in [0.15, 0.2) is 48.5 Å². The lowest BCUT2D eigenvalue weighted by Crippen LogP contribution is -3.19. The van der Waals surface area contributed by atoms with Gasteiger partial charge in [-0.25, -0.2) is 4.90 Å². The number of piperazine rings is 1. The highest BCUT2D eigenvalue weighted by molar-refractivity contribution is 6.38. The number of quaternary nitrogens is 1. The van der Waals surface area contributed by atoms with Crippen LogP contribution in [0, 0.1) is 0 Å². The number of amides is 2. The lowest BCUT2D eigenvalue weighted by atomic mass is 10.1. The second-order valence-electron chi connectivity index (χ2n) is 6.90. The Balaban J connectivity index is 1.46. The average molecular weight is 405 g/mol. The largest absolute Gasteiger partial charge is 0.360 e. The van der Waals surface area contributed by atoms with Gasteiger partial charge in [-0.2, -0.15) is 0 Å². The maximum absolute atomic E-state index is 13.0. The van der Waals surface area contributed by atoms with Crippen molar-refractivity contribution in [2.24, 2.45) is 0 Å². The standard InChI is InChI=1S/C20H19Cl2N3O2/c21-14-6-7-17(16(22)12-14)25-19(26)13-18(20(25)27)24-10-8-23(9-11-24)15-4-2-1-3-5-15/h1-7,12,18H,8-11,13H2/p+1/t18-/m1/s1. The second-order valence-corrected chi connectivity index (χ2v) is 7.74. The van der Waals surface area contributed by atoms with Gasteiger partial charge in [-0.1, -0.05) is 41.4 Å². The van der Waals surface area contributed by atoms with Gasteiger partial charge in [0, 0.05) is 10.7 Å². The summed E-state index contributed by atoms with van der Waals surface area (Å²) in [6.07, 6.45) is 0.221. The van der Waals surface area contributed by atoms with E-state index in [4.69, 9.17) is 23.2 Å². The molecule has 2 fully saturated rings. The van der Waals surface area contributed by atoms with E-state index >= 15 is 0 Å².